The summed E-state index contributed by atoms with van der Waals surface area (Å²) in [5.41, 5.74) is 1.17. The minimum absolute atomic E-state index is 0.0422. The van der Waals surface area contributed by atoms with Crippen molar-refractivity contribution in [1.29, 1.82) is 0 Å². The number of hydrogen-bond acceptors (Lipinski definition) is 6. The lowest BCUT2D eigenvalue weighted by molar-refractivity contribution is -0.125. The first-order valence-corrected chi connectivity index (χ1v) is 11.1. The standard InChI is InChI=1S/C21H19BrN2O4S/c22-14-3-1-13(2-4-14)21(5-7-26-8-6-21)19(25)24-20-23-15-11-16-17(12-18(15)29-20)28-10-9-27-16/h1-4,11-12H,5-10H2,(H,23,24,25). The SMILES string of the molecule is O=C(Nc1nc2cc3c(cc2s1)OCCO3)C1(c2ccc(Br)cc2)CCOCC1. The molecule has 0 radical (unpaired) electrons. The molecule has 1 N–H and O–H groups in total. The summed E-state index contributed by atoms with van der Waals surface area (Å²) in [5.74, 6) is 1.38. The van der Waals surface area contributed by atoms with Crippen molar-refractivity contribution in [3.63, 3.8) is 0 Å². The summed E-state index contributed by atoms with van der Waals surface area (Å²) in [6, 6.07) is 11.8. The fourth-order valence-electron chi connectivity index (χ4n) is 3.87. The Balaban J connectivity index is 1.46. The van der Waals surface area contributed by atoms with Crippen molar-refractivity contribution in [2.24, 2.45) is 0 Å². The number of benzene rings is 2. The first kappa shape index (κ1) is 18.8. The molecule has 1 saturated heterocycles. The van der Waals surface area contributed by atoms with E-state index in [2.05, 4.69) is 26.2 Å². The highest BCUT2D eigenvalue weighted by molar-refractivity contribution is 9.10. The molecule has 1 amide bonds. The molecule has 0 atom stereocenters. The van der Waals surface area contributed by atoms with Crippen LogP contribution in [-0.2, 0) is 14.9 Å². The molecule has 0 spiro atoms. The van der Waals surface area contributed by atoms with E-state index >= 15 is 0 Å². The fourth-order valence-corrected chi connectivity index (χ4v) is 5.01. The summed E-state index contributed by atoms with van der Waals surface area (Å²) in [7, 11) is 0. The third kappa shape index (κ3) is 3.49. The summed E-state index contributed by atoms with van der Waals surface area (Å²) in [4.78, 5) is 18.1. The van der Waals surface area contributed by atoms with Gasteiger partial charge >= 0.3 is 0 Å². The number of amides is 1. The van der Waals surface area contributed by atoms with E-state index in [1.807, 2.05) is 36.4 Å². The van der Waals surface area contributed by atoms with Gasteiger partial charge in [0.15, 0.2) is 16.6 Å². The molecular formula is C21H19BrN2O4S. The molecule has 1 fully saturated rings. The Labute approximate surface area is 180 Å². The quantitative estimate of drug-likeness (QED) is 0.604. The van der Waals surface area contributed by atoms with Crippen molar-refractivity contribution >= 4 is 48.5 Å². The van der Waals surface area contributed by atoms with Gasteiger partial charge in [-0.3, -0.25) is 4.79 Å². The van der Waals surface area contributed by atoms with E-state index in [4.69, 9.17) is 14.2 Å². The lowest BCUT2D eigenvalue weighted by Crippen LogP contribution is -2.44. The van der Waals surface area contributed by atoms with Gasteiger partial charge in [0.2, 0.25) is 5.91 Å². The molecule has 150 valence electrons. The van der Waals surface area contributed by atoms with Crippen LogP contribution in [0.1, 0.15) is 18.4 Å². The van der Waals surface area contributed by atoms with Crippen LogP contribution in [0.2, 0.25) is 0 Å². The highest BCUT2D eigenvalue weighted by Gasteiger charge is 2.42. The fraction of sp³-hybridized carbons (Fsp3) is 0.333. The molecule has 5 rings (SSSR count). The second kappa shape index (κ2) is 7.59. The van der Waals surface area contributed by atoms with Crippen LogP contribution in [0, 0.1) is 0 Å². The van der Waals surface area contributed by atoms with Gasteiger partial charge < -0.3 is 19.5 Å². The molecule has 0 bridgehead atoms. The summed E-state index contributed by atoms with van der Waals surface area (Å²) < 4.78 is 18.8. The lowest BCUT2D eigenvalue weighted by atomic mass is 9.73. The van der Waals surface area contributed by atoms with Crippen molar-refractivity contribution in [2.75, 3.05) is 31.7 Å². The van der Waals surface area contributed by atoms with Crippen molar-refractivity contribution in [2.45, 2.75) is 18.3 Å². The number of fused-ring (bicyclic) bond motifs is 2. The highest BCUT2D eigenvalue weighted by atomic mass is 79.9. The van der Waals surface area contributed by atoms with E-state index in [0.29, 0.717) is 50.2 Å². The van der Waals surface area contributed by atoms with Crippen LogP contribution in [0.3, 0.4) is 0 Å². The predicted molar refractivity (Wildman–Crippen MR) is 115 cm³/mol. The van der Waals surface area contributed by atoms with Crippen LogP contribution in [0.4, 0.5) is 5.13 Å². The Kier molecular flexibility index (Phi) is 4.93. The highest BCUT2D eigenvalue weighted by Crippen LogP contribution is 2.40. The molecule has 2 aromatic carbocycles. The van der Waals surface area contributed by atoms with Crippen molar-refractivity contribution < 1.29 is 19.0 Å². The van der Waals surface area contributed by atoms with Gasteiger partial charge in [-0.25, -0.2) is 4.98 Å². The van der Waals surface area contributed by atoms with Gasteiger partial charge in [-0.1, -0.05) is 39.4 Å². The number of carbonyl (C=O) groups is 1. The van der Waals surface area contributed by atoms with E-state index in [1.54, 1.807) is 0 Å². The van der Waals surface area contributed by atoms with Crippen LogP contribution in [-0.4, -0.2) is 37.3 Å². The summed E-state index contributed by atoms with van der Waals surface area (Å²) in [5, 5.41) is 3.64. The maximum Gasteiger partial charge on any atom is 0.236 e. The number of halogens is 1. The molecule has 3 aromatic rings. The third-order valence-corrected chi connectivity index (χ3v) is 6.91. The maximum absolute atomic E-state index is 13.4. The summed E-state index contributed by atoms with van der Waals surface area (Å²) >= 11 is 4.91. The molecule has 29 heavy (non-hydrogen) atoms. The number of anilines is 1. The molecule has 0 saturated carbocycles. The average Bonchev–Trinajstić information content (AvgIpc) is 3.13. The zero-order valence-electron chi connectivity index (χ0n) is 15.6. The number of thiazole rings is 1. The Morgan fingerprint density at radius 3 is 2.45 bits per heavy atom. The third-order valence-electron chi connectivity index (χ3n) is 5.45. The number of rotatable bonds is 3. The monoisotopic (exact) mass is 474 g/mol. The molecule has 0 unspecified atom stereocenters. The lowest BCUT2D eigenvalue weighted by Gasteiger charge is -2.36. The Hall–Kier alpha value is -2.16. The molecule has 3 heterocycles. The Morgan fingerprint density at radius 2 is 1.72 bits per heavy atom. The molecule has 8 heteroatoms. The number of ether oxygens (including phenoxy) is 3. The van der Waals surface area contributed by atoms with Gasteiger partial charge in [0.1, 0.15) is 13.2 Å². The van der Waals surface area contributed by atoms with Gasteiger partial charge in [-0.2, -0.15) is 0 Å². The normalized spacial score (nSPS) is 17.8. The van der Waals surface area contributed by atoms with E-state index in [0.717, 1.165) is 26.0 Å². The van der Waals surface area contributed by atoms with Gasteiger partial charge in [0.25, 0.3) is 0 Å². The molecule has 2 aliphatic rings. The summed E-state index contributed by atoms with van der Waals surface area (Å²) in [6.45, 7) is 2.19. The number of nitrogens with zero attached hydrogens (tertiary/aromatic N) is 1. The van der Waals surface area contributed by atoms with Gasteiger partial charge in [-0.05, 0) is 30.5 Å². The molecule has 0 aliphatic carbocycles. The minimum atomic E-state index is -0.623. The predicted octanol–water partition coefficient (Wildman–Crippen LogP) is 4.52. The number of nitrogens with one attached hydrogen (secondary N) is 1. The number of carbonyl (C=O) groups excluding carboxylic acids is 1. The van der Waals surface area contributed by atoms with Crippen molar-refractivity contribution in [3.8, 4) is 11.5 Å². The molecular weight excluding hydrogens is 456 g/mol. The smallest absolute Gasteiger partial charge is 0.236 e. The first-order chi connectivity index (χ1) is 14.1. The maximum atomic E-state index is 13.4. The van der Waals surface area contributed by atoms with Crippen LogP contribution >= 0.6 is 27.3 Å². The van der Waals surface area contributed by atoms with Crippen molar-refractivity contribution in [3.05, 3.63) is 46.4 Å². The van der Waals surface area contributed by atoms with E-state index in [1.165, 1.54) is 11.3 Å². The second-order valence-electron chi connectivity index (χ2n) is 7.14. The van der Waals surface area contributed by atoms with E-state index < -0.39 is 5.41 Å². The largest absolute Gasteiger partial charge is 0.486 e. The topological polar surface area (TPSA) is 69.7 Å². The Morgan fingerprint density at radius 1 is 1.03 bits per heavy atom. The minimum Gasteiger partial charge on any atom is -0.486 e. The van der Waals surface area contributed by atoms with Crippen LogP contribution < -0.4 is 14.8 Å². The number of aromatic nitrogens is 1. The van der Waals surface area contributed by atoms with Gasteiger partial charge in [-0.15, -0.1) is 0 Å². The zero-order valence-corrected chi connectivity index (χ0v) is 18.0. The van der Waals surface area contributed by atoms with Crippen molar-refractivity contribution in [1.82, 2.24) is 4.98 Å². The Bertz CT molecular complexity index is 1020. The van der Waals surface area contributed by atoms with E-state index in [9.17, 15) is 4.79 Å². The van der Waals surface area contributed by atoms with Gasteiger partial charge in [0.05, 0.1) is 15.6 Å². The van der Waals surface area contributed by atoms with Crippen LogP contribution in [0.15, 0.2) is 40.9 Å². The number of hydrogen-bond donors (Lipinski definition) is 1. The van der Waals surface area contributed by atoms with Gasteiger partial charge in [0, 0.05) is 29.8 Å². The zero-order chi connectivity index (χ0) is 19.8. The molecule has 1 aromatic heterocycles. The van der Waals surface area contributed by atoms with Crippen LogP contribution in [0.5, 0.6) is 11.5 Å². The molecule has 2 aliphatic heterocycles. The summed E-state index contributed by atoms with van der Waals surface area (Å²) in [6.07, 6.45) is 1.28. The molecule has 6 nitrogen and oxygen atoms in total. The average molecular weight is 475 g/mol. The van der Waals surface area contributed by atoms with Crippen LogP contribution in [0.25, 0.3) is 10.2 Å². The first-order valence-electron chi connectivity index (χ1n) is 9.49. The second-order valence-corrected chi connectivity index (χ2v) is 9.08. The van der Waals surface area contributed by atoms with E-state index in [-0.39, 0.29) is 5.91 Å².